The molecule has 230 valence electrons. The minimum absolute atomic E-state index is 0.00119. The van der Waals surface area contributed by atoms with Crippen LogP contribution in [0.15, 0.2) is 121 Å². The third-order valence-electron chi connectivity index (χ3n) is 8.55. The minimum Gasteiger partial charge on any atom is -0.480 e. The Kier molecular flexibility index (Phi) is 12.1. The molecule has 44 heavy (non-hydrogen) atoms. The van der Waals surface area contributed by atoms with Gasteiger partial charge in [-0.3, -0.25) is 9.69 Å². The van der Waals surface area contributed by atoms with Crippen LogP contribution in [0.1, 0.15) is 22.3 Å². The molecule has 4 aromatic rings. The molecular weight excluding hydrogens is 544 g/mol. The van der Waals surface area contributed by atoms with E-state index in [2.05, 4.69) is 130 Å². The van der Waals surface area contributed by atoms with E-state index in [0.29, 0.717) is 13.1 Å². The second kappa shape index (κ2) is 16.9. The molecule has 0 unspecified atom stereocenters. The van der Waals surface area contributed by atoms with Gasteiger partial charge in [0.05, 0.1) is 6.54 Å². The number of carbonyl (C=O) groups is 1. The first-order valence-electron chi connectivity index (χ1n) is 15.9. The van der Waals surface area contributed by atoms with Crippen LogP contribution in [0, 0.1) is 0 Å². The highest BCUT2D eigenvalue weighted by Gasteiger charge is 2.27. The summed E-state index contributed by atoms with van der Waals surface area (Å²) in [6.07, 6.45) is 3.42. The minimum atomic E-state index is -0.793. The molecular formula is C38H46N4O2. The molecule has 4 aromatic carbocycles. The Balaban J connectivity index is 1.44. The number of carboxylic acid groups (broad SMARTS) is 1. The number of nitrogens with one attached hydrogen (secondary N) is 3. The van der Waals surface area contributed by atoms with E-state index in [0.717, 1.165) is 38.8 Å². The monoisotopic (exact) mass is 590 g/mol. The molecule has 0 spiro atoms. The second-order valence-electron chi connectivity index (χ2n) is 12.1. The number of benzene rings is 4. The summed E-state index contributed by atoms with van der Waals surface area (Å²) in [7, 11) is 0. The lowest BCUT2D eigenvalue weighted by molar-refractivity contribution is -0.139. The van der Waals surface area contributed by atoms with Gasteiger partial charge in [0.25, 0.3) is 0 Å². The highest BCUT2D eigenvalue weighted by atomic mass is 16.4. The molecule has 0 saturated carbocycles. The van der Waals surface area contributed by atoms with Gasteiger partial charge in [0, 0.05) is 50.3 Å². The zero-order valence-corrected chi connectivity index (χ0v) is 25.5. The molecule has 0 amide bonds. The van der Waals surface area contributed by atoms with Crippen LogP contribution in [0.25, 0.3) is 0 Å². The van der Waals surface area contributed by atoms with Crippen molar-refractivity contribution in [3.63, 3.8) is 0 Å². The lowest BCUT2D eigenvalue weighted by Gasteiger charge is -2.37. The maximum Gasteiger partial charge on any atom is 0.317 e. The van der Waals surface area contributed by atoms with Gasteiger partial charge in [-0.1, -0.05) is 121 Å². The van der Waals surface area contributed by atoms with E-state index >= 15 is 0 Å². The highest BCUT2D eigenvalue weighted by Crippen LogP contribution is 2.14. The van der Waals surface area contributed by atoms with Gasteiger partial charge in [0.15, 0.2) is 0 Å². The fourth-order valence-corrected chi connectivity index (χ4v) is 6.27. The average Bonchev–Trinajstić information content (AvgIpc) is 3.04. The smallest absolute Gasteiger partial charge is 0.317 e. The number of nitrogens with zero attached hydrogens (tertiary/aromatic N) is 1. The molecule has 4 atom stereocenters. The average molecular weight is 591 g/mol. The normalized spacial score (nSPS) is 22.0. The Hall–Kier alpha value is -3.81. The van der Waals surface area contributed by atoms with Gasteiger partial charge in [-0.05, 0) is 47.9 Å². The molecule has 0 aliphatic carbocycles. The molecule has 6 nitrogen and oxygen atoms in total. The van der Waals surface area contributed by atoms with Gasteiger partial charge >= 0.3 is 5.97 Å². The van der Waals surface area contributed by atoms with Gasteiger partial charge in [-0.25, -0.2) is 0 Å². The predicted octanol–water partition coefficient (Wildman–Crippen LogP) is 4.60. The van der Waals surface area contributed by atoms with Crippen molar-refractivity contribution in [3.8, 4) is 0 Å². The van der Waals surface area contributed by atoms with Crippen molar-refractivity contribution in [2.75, 3.05) is 32.7 Å². The molecule has 1 aliphatic heterocycles. The second-order valence-corrected chi connectivity index (χ2v) is 12.1. The van der Waals surface area contributed by atoms with E-state index in [9.17, 15) is 9.90 Å². The van der Waals surface area contributed by atoms with E-state index < -0.39 is 5.97 Å². The van der Waals surface area contributed by atoms with Crippen LogP contribution in [-0.2, 0) is 30.5 Å². The van der Waals surface area contributed by atoms with Crippen molar-refractivity contribution in [1.82, 2.24) is 20.9 Å². The fourth-order valence-electron chi connectivity index (χ4n) is 6.27. The Morgan fingerprint density at radius 2 is 0.909 bits per heavy atom. The zero-order valence-electron chi connectivity index (χ0n) is 25.5. The Morgan fingerprint density at radius 3 is 1.34 bits per heavy atom. The Morgan fingerprint density at radius 1 is 0.545 bits per heavy atom. The number of rotatable bonds is 10. The molecule has 1 aliphatic rings. The number of aliphatic carboxylic acids is 1. The predicted molar refractivity (Wildman–Crippen MR) is 179 cm³/mol. The molecule has 6 heteroatoms. The number of hydrogen-bond donors (Lipinski definition) is 4. The largest absolute Gasteiger partial charge is 0.480 e. The molecule has 0 bridgehead atoms. The van der Waals surface area contributed by atoms with E-state index in [1.807, 2.05) is 12.1 Å². The van der Waals surface area contributed by atoms with Crippen molar-refractivity contribution in [1.29, 1.82) is 0 Å². The summed E-state index contributed by atoms with van der Waals surface area (Å²) < 4.78 is 0. The first kappa shape index (κ1) is 31.6. The Bertz CT molecular complexity index is 1370. The molecule has 1 saturated heterocycles. The first-order valence-corrected chi connectivity index (χ1v) is 15.9. The topological polar surface area (TPSA) is 76.6 Å². The van der Waals surface area contributed by atoms with Crippen molar-refractivity contribution in [3.05, 3.63) is 144 Å². The zero-order chi connectivity index (χ0) is 30.4. The Labute approximate surface area is 262 Å². The van der Waals surface area contributed by atoms with Crippen LogP contribution in [-0.4, -0.2) is 72.9 Å². The van der Waals surface area contributed by atoms with Crippen molar-refractivity contribution in [2.45, 2.75) is 49.9 Å². The highest BCUT2D eigenvalue weighted by molar-refractivity contribution is 5.69. The summed E-state index contributed by atoms with van der Waals surface area (Å²) >= 11 is 0. The van der Waals surface area contributed by atoms with Crippen LogP contribution >= 0.6 is 0 Å². The standard InChI is InChI=1S/C38H46N4O2/c43-38(44)29-42-28-36(23-32-17-9-3-10-18-32)40-26-34(21-30-13-5-1-6-14-30)39-25-35(22-31-15-7-2-8-16-31)41-27-37(42)24-33-19-11-4-12-20-33/h1-20,34-37,39-41H,21-29H2,(H,43,44)/t34-,35-,36-,37-/m0/s1. The molecule has 0 aromatic heterocycles. The van der Waals surface area contributed by atoms with Gasteiger partial charge in [-0.2, -0.15) is 0 Å². The summed E-state index contributed by atoms with van der Waals surface area (Å²) in [5.74, 6) is -0.793. The quantitative estimate of drug-likeness (QED) is 0.216. The summed E-state index contributed by atoms with van der Waals surface area (Å²) in [5, 5.41) is 21.8. The molecule has 0 radical (unpaired) electrons. The van der Waals surface area contributed by atoms with Crippen LogP contribution in [0.4, 0.5) is 0 Å². The maximum atomic E-state index is 12.3. The van der Waals surface area contributed by atoms with Crippen LogP contribution in [0.5, 0.6) is 0 Å². The van der Waals surface area contributed by atoms with E-state index in [1.165, 1.54) is 22.3 Å². The van der Waals surface area contributed by atoms with Crippen LogP contribution < -0.4 is 16.0 Å². The summed E-state index contributed by atoms with van der Waals surface area (Å²) in [6, 6.07) is 42.8. The van der Waals surface area contributed by atoms with Gasteiger partial charge < -0.3 is 21.1 Å². The van der Waals surface area contributed by atoms with E-state index in [4.69, 9.17) is 0 Å². The van der Waals surface area contributed by atoms with Gasteiger partial charge in [-0.15, -0.1) is 0 Å². The maximum absolute atomic E-state index is 12.3. The summed E-state index contributed by atoms with van der Waals surface area (Å²) in [6.45, 7) is 2.94. The van der Waals surface area contributed by atoms with Crippen LogP contribution in [0.2, 0.25) is 0 Å². The fraction of sp³-hybridized carbons (Fsp3) is 0.342. The molecule has 4 N–H and O–H groups in total. The van der Waals surface area contributed by atoms with Crippen molar-refractivity contribution in [2.24, 2.45) is 0 Å². The van der Waals surface area contributed by atoms with Gasteiger partial charge in [0.1, 0.15) is 0 Å². The molecule has 5 rings (SSSR count). The van der Waals surface area contributed by atoms with Crippen molar-refractivity contribution < 1.29 is 9.90 Å². The SMILES string of the molecule is O=C(O)CN1C[C@H](Cc2ccccc2)NC[C@H](Cc2ccccc2)NC[C@H](Cc2ccccc2)NC[C@@H]1Cc1ccccc1. The molecule has 1 heterocycles. The lowest BCUT2D eigenvalue weighted by atomic mass is 9.99. The summed E-state index contributed by atoms with van der Waals surface area (Å²) in [5.41, 5.74) is 5.07. The number of carboxylic acids is 1. The first-order chi connectivity index (χ1) is 21.6. The van der Waals surface area contributed by atoms with Gasteiger partial charge in [0.2, 0.25) is 0 Å². The number of hydrogen-bond acceptors (Lipinski definition) is 5. The summed E-state index contributed by atoms with van der Waals surface area (Å²) in [4.78, 5) is 14.5. The van der Waals surface area contributed by atoms with E-state index in [-0.39, 0.29) is 30.7 Å². The third kappa shape index (κ3) is 10.4. The van der Waals surface area contributed by atoms with Crippen molar-refractivity contribution >= 4 is 5.97 Å². The lowest BCUT2D eigenvalue weighted by Crippen LogP contribution is -2.57. The molecule has 1 fully saturated rings. The van der Waals surface area contributed by atoms with E-state index in [1.54, 1.807) is 0 Å². The van der Waals surface area contributed by atoms with Crippen LogP contribution in [0.3, 0.4) is 0 Å². The third-order valence-corrected chi connectivity index (χ3v) is 8.55.